The van der Waals surface area contributed by atoms with Crippen molar-refractivity contribution in [2.75, 3.05) is 0 Å². The van der Waals surface area contributed by atoms with Crippen molar-refractivity contribution in [1.82, 2.24) is 29.8 Å². The van der Waals surface area contributed by atoms with Crippen LogP contribution in [-0.4, -0.2) is 29.8 Å². The van der Waals surface area contributed by atoms with Gasteiger partial charge in [-0.15, -0.1) is 10.2 Å². The molecule has 3 heterocycles. The molecule has 2 N–H and O–H groups in total. The number of hydrogen-bond donors (Lipinski definition) is 2. The van der Waals surface area contributed by atoms with Gasteiger partial charge in [-0.05, 0) is 24.3 Å². The van der Waals surface area contributed by atoms with Gasteiger partial charge in [-0.3, -0.25) is 10.1 Å². The van der Waals surface area contributed by atoms with Gasteiger partial charge in [0, 0.05) is 10.6 Å². The number of H-pyrrole nitrogens is 2. The summed E-state index contributed by atoms with van der Waals surface area (Å²) in [5, 5.41) is 16.1. The summed E-state index contributed by atoms with van der Waals surface area (Å²) in [7, 11) is 0. The summed E-state index contributed by atoms with van der Waals surface area (Å²) < 4.78 is 1.42. The van der Waals surface area contributed by atoms with Crippen molar-refractivity contribution in [3.63, 3.8) is 0 Å². The van der Waals surface area contributed by atoms with Crippen molar-refractivity contribution in [1.29, 1.82) is 0 Å². The van der Waals surface area contributed by atoms with E-state index in [0.717, 1.165) is 5.56 Å². The molecule has 0 bridgehead atoms. The summed E-state index contributed by atoms with van der Waals surface area (Å²) in [4.78, 5) is 14.9. The highest BCUT2D eigenvalue weighted by Gasteiger charge is 2.14. The van der Waals surface area contributed by atoms with E-state index in [1.165, 1.54) is 4.40 Å². The molecule has 0 spiro atoms. The Morgan fingerprint density at radius 3 is 2.75 bits per heavy atom. The molecule has 0 aliphatic heterocycles. The fourth-order valence-corrected chi connectivity index (χ4v) is 2.28. The zero-order valence-electron chi connectivity index (χ0n) is 9.96. The number of hydrogen-bond acceptors (Lipinski definition) is 4. The van der Waals surface area contributed by atoms with Gasteiger partial charge in [-0.25, -0.2) is 9.20 Å². The number of nitrogens with one attached hydrogen (secondary N) is 2. The van der Waals surface area contributed by atoms with Crippen molar-refractivity contribution in [3.8, 4) is 11.4 Å². The molecule has 0 saturated heterocycles. The largest absolute Gasteiger partial charge is 0.334 e. The SMILES string of the molecule is O=c1[nH]c2[nH]ncc2c2nnc(-c3ccc(Cl)cc3)n12. The topological polar surface area (TPSA) is 91.7 Å². The quantitative estimate of drug-likeness (QED) is 0.556. The lowest BCUT2D eigenvalue weighted by atomic mass is 10.2. The van der Waals surface area contributed by atoms with Crippen LogP contribution in [0.25, 0.3) is 28.1 Å². The Morgan fingerprint density at radius 2 is 1.95 bits per heavy atom. The van der Waals surface area contributed by atoms with Crippen molar-refractivity contribution < 1.29 is 0 Å². The maximum Gasteiger partial charge on any atom is 0.334 e. The molecule has 8 heteroatoms. The van der Waals surface area contributed by atoms with E-state index in [9.17, 15) is 4.79 Å². The van der Waals surface area contributed by atoms with Gasteiger partial charge in [-0.2, -0.15) is 5.10 Å². The van der Waals surface area contributed by atoms with E-state index in [1.807, 2.05) is 0 Å². The molecule has 0 aliphatic carbocycles. The number of fused-ring (bicyclic) bond motifs is 3. The Morgan fingerprint density at radius 1 is 1.15 bits per heavy atom. The van der Waals surface area contributed by atoms with Crippen LogP contribution >= 0.6 is 11.6 Å². The molecule has 1 aromatic carbocycles. The molecule has 0 amide bonds. The summed E-state index contributed by atoms with van der Waals surface area (Å²) in [5.41, 5.74) is 1.42. The fraction of sp³-hybridized carbons (Fsp3) is 0. The van der Waals surface area contributed by atoms with Crippen molar-refractivity contribution in [2.24, 2.45) is 0 Å². The number of aromatic amines is 2. The Bertz CT molecular complexity index is 981. The van der Waals surface area contributed by atoms with Gasteiger partial charge < -0.3 is 0 Å². The second-order valence-electron chi connectivity index (χ2n) is 4.28. The van der Waals surface area contributed by atoms with Crippen LogP contribution in [-0.2, 0) is 0 Å². The third kappa shape index (κ3) is 1.47. The van der Waals surface area contributed by atoms with E-state index >= 15 is 0 Å². The van der Waals surface area contributed by atoms with Gasteiger partial charge in [-0.1, -0.05) is 11.6 Å². The van der Waals surface area contributed by atoms with Crippen molar-refractivity contribution >= 4 is 28.3 Å². The molecule has 98 valence electrons. The second-order valence-corrected chi connectivity index (χ2v) is 4.71. The van der Waals surface area contributed by atoms with Crippen LogP contribution in [0.15, 0.2) is 35.3 Å². The predicted molar refractivity (Wildman–Crippen MR) is 73.7 cm³/mol. The lowest BCUT2D eigenvalue weighted by Crippen LogP contribution is -2.17. The maximum absolute atomic E-state index is 12.2. The number of halogens is 1. The fourth-order valence-electron chi connectivity index (χ4n) is 2.15. The van der Waals surface area contributed by atoms with Gasteiger partial charge in [0.2, 0.25) is 0 Å². The van der Waals surface area contributed by atoms with Crippen LogP contribution in [0.1, 0.15) is 0 Å². The van der Waals surface area contributed by atoms with Crippen LogP contribution in [0, 0.1) is 0 Å². The Balaban J connectivity index is 2.11. The minimum Gasteiger partial charge on any atom is -0.291 e. The average molecular weight is 287 g/mol. The molecule has 0 fully saturated rings. The average Bonchev–Trinajstić information content (AvgIpc) is 3.05. The summed E-state index contributed by atoms with van der Waals surface area (Å²) in [5.74, 6) is 0.459. The molecular formula is C12H7ClN6O. The van der Waals surface area contributed by atoms with Gasteiger partial charge in [0.15, 0.2) is 11.5 Å². The third-order valence-electron chi connectivity index (χ3n) is 3.08. The van der Waals surface area contributed by atoms with E-state index in [-0.39, 0.29) is 5.69 Å². The zero-order chi connectivity index (χ0) is 13.7. The number of aromatic nitrogens is 6. The molecule has 0 atom stereocenters. The number of benzene rings is 1. The lowest BCUT2D eigenvalue weighted by molar-refractivity contribution is 1.01. The molecule has 0 saturated carbocycles. The molecule has 20 heavy (non-hydrogen) atoms. The van der Waals surface area contributed by atoms with Crippen LogP contribution < -0.4 is 5.69 Å². The monoisotopic (exact) mass is 286 g/mol. The maximum atomic E-state index is 12.2. The Kier molecular flexibility index (Phi) is 2.19. The molecule has 3 aromatic heterocycles. The zero-order valence-corrected chi connectivity index (χ0v) is 10.7. The van der Waals surface area contributed by atoms with Gasteiger partial charge in [0.05, 0.1) is 11.6 Å². The van der Waals surface area contributed by atoms with Crippen LogP contribution in [0.3, 0.4) is 0 Å². The van der Waals surface area contributed by atoms with Gasteiger partial charge >= 0.3 is 5.69 Å². The van der Waals surface area contributed by atoms with Gasteiger partial charge in [0.1, 0.15) is 5.65 Å². The molecular weight excluding hydrogens is 280 g/mol. The Labute approximate surface area is 116 Å². The van der Waals surface area contributed by atoms with Crippen LogP contribution in [0.5, 0.6) is 0 Å². The van der Waals surface area contributed by atoms with E-state index in [1.54, 1.807) is 30.5 Å². The third-order valence-corrected chi connectivity index (χ3v) is 3.33. The first-order chi connectivity index (χ1) is 9.74. The molecule has 4 aromatic rings. The molecule has 0 aliphatic rings. The van der Waals surface area contributed by atoms with E-state index in [2.05, 4.69) is 25.4 Å². The minimum atomic E-state index is -0.327. The predicted octanol–water partition coefficient (Wildman–Crippen LogP) is 1.61. The summed E-state index contributed by atoms with van der Waals surface area (Å²) in [6, 6.07) is 7.06. The highest BCUT2D eigenvalue weighted by Crippen LogP contribution is 2.21. The molecule has 7 nitrogen and oxygen atoms in total. The molecule has 4 rings (SSSR count). The van der Waals surface area contributed by atoms with Crippen LogP contribution in [0.4, 0.5) is 0 Å². The lowest BCUT2D eigenvalue weighted by Gasteiger charge is -1.99. The summed E-state index contributed by atoms with van der Waals surface area (Å²) in [6.45, 7) is 0. The standard InChI is InChI=1S/C12H7ClN6O/c13-7-3-1-6(2-4-7)10-17-18-11-8-5-14-16-9(8)15-12(20)19(10)11/h1-5H,(H2,14,15,16,20). The smallest absolute Gasteiger partial charge is 0.291 e. The normalized spacial score (nSPS) is 11.4. The molecule has 0 radical (unpaired) electrons. The second kappa shape index (κ2) is 3.91. The van der Waals surface area contributed by atoms with Crippen LogP contribution in [0.2, 0.25) is 5.02 Å². The van der Waals surface area contributed by atoms with E-state index < -0.39 is 0 Å². The molecule has 0 unspecified atom stereocenters. The van der Waals surface area contributed by atoms with Gasteiger partial charge in [0.25, 0.3) is 0 Å². The minimum absolute atomic E-state index is 0.327. The highest BCUT2D eigenvalue weighted by atomic mass is 35.5. The Hall–Kier alpha value is -2.67. The highest BCUT2D eigenvalue weighted by molar-refractivity contribution is 6.30. The van der Waals surface area contributed by atoms with Crippen molar-refractivity contribution in [3.05, 3.63) is 46.0 Å². The summed E-state index contributed by atoms with van der Waals surface area (Å²) in [6.07, 6.45) is 1.60. The first-order valence-electron chi connectivity index (χ1n) is 5.80. The number of nitrogens with zero attached hydrogens (tertiary/aromatic N) is 4. The van der Waals surface area contributed by atoms with E-state index in [4.69, 9.17) is 11.6 Å². The van der Waals surface area contributed by atoms with Crippen molar-refractivity contribution in [2.45, 2.75) is 0 Å². The first-order valence-corrected chi connectivity index (χ1v) is 6.18. The number of rotatable bonds is 1. The summed E-state index contributed by atoms with van der Waals surface area (Å²) >= 11 is 5.86. The first kappa shape index (κ1) is 11.2. The van der Waals surface area contributed by atoms with E-state index in [0.29, 0.717) is 27.5 Å².